The minimum atomic E-state index is 0.711. The van der Waals surface area contributed by atoms with Gasteiger partial charge in [0.25, 0.3) is 0 Å². The van der Waals surface area contributed by atoms with Crippen molar-refractivity contribution in [2.75, 3.05) is 12.4 Å². The summed E-state index contributed by atoms with van der Waals surface area (Å²) in [7, 11) is 0. The Labute approximate surface area is 104 Å². The monoisotopic (exact) mass is 239 g/mol. The Kier molecular flexibility index (Phi) is 6.51. The van der Waals surface area contributed by atoms with Gasteiger partial charge in [-0.1, -0.05) is 43.2 Å². The van der Waals surface area contributed by atoms with Crippen LogP contribution >= 0.6 is 11.6 Å². The molecular formula is C14H22ClN. The zero-order chi connectivity index (χ0) is 11.8. The van der Waals surface area contributed by atoms with E-state index in [2.05, 4.69) is 43.4 Å². The highest BCUT2D eigenvalue weighted by Crippen LogP contribution is 2.08. The second kappa shape index (κ2) is 7.70. The molecule has 1 unspecified atom stereocenters. The van der Waals surface area contributed by atoms with Crippen molar-refractivity contribution in [2.45, 2.75) is 33.2 Å². The molecular weight excluding hydrogens is 218 g/mol. The predicted octanol–water partition coefficient (Wildman–Crippen LogP) is 3.74. The van der Waals surface area contributed by atoms with Crippen molar-refractivity contribution in [1.29, 1.82) is 0 Å². The minimum absolute atomic E-state index is 0.711. The van der Waals surface area contributed by atoms with Crippen LogP contribution in [-0.2, 0) is 6.54 Å². The molecule has 0 aliphatic carbocycles. The smallest absolute Gasteiger partial charge is 0.0226 e. The van der Waals surface area contributed by atoms with E-state index >= 15 is 0 Å². The van der Waals surface area contributed by atoms with Crippen LogP contribution in [0.4, 0.5) is 0 Å². The molecule has 1 aromatic rings. The van der Waals surface area contributed by atoms with Crippen molar-refractivity contribution in [3.05, 3.63) is 35.4 Å². The molecule has 2 heteroatoms. The molecule has 1 rings (SSSR count). The maximum absolute atomic E-state index is 5.76. The fraction of sp³-hybridized carbons (Fsp3) is 0.571. The summed E-state index contributed by atoms with van der Waals surface area (Å²) in [5.41, 5.74) is 2.67. The van der Waals surface area contributed by atoms with Crippen molar-refractivity contribution in [1.82, 2.24) is 5.32 Å². The molecule has 0 amide bonds. The first-order valence-corrected chi connectivity index (χ1v) is 6.62. The number of aryl methyl sites for hydroxylation is 1. The van der Waals surface area contributed by atoms with Gasteiger partial charge >= 0.3 is 0 Å². The highest BCUT2D eigenvalue weighted by Gasteiger charge is 2.04. The molecule has 0 saturated heterocycles. The summed E-state index contributed by atoms with van der Waals surface area (Å²) in [5.74, 6) is 1.48. The van der Waals surface area contributed by atoms with Gasteiger partial charge in [-0.25, -0.2) is 0 Å². The topological polar surface area (TPSA) is 12.0 Å². The molecule has 1 aromatic carbocycles. The van der Waals surface area contributed by atoms with Crippen LogP contribution in [0.5, 0.6) is 0 Å². The van der Waals surface area contributed by atoms with Crippen molar-refractivity contribution in [3.8, 4) is 0 Å². The first-order valence-electron chi connectivity index (χ1n) is 6.08. The van der Waals surface area contributed by atoms with Crippen molar-refractivity contribution in [2.24, 2.45) is 5.92 Å². The minimum Gasteiger partial charge on any atom is -0.312 e. The van der Waals surface area contributed by atoms with E-state index in [0.717, 1.165) is 25.4 Å². The van der Waals surface area contributed by atoms with Gasteiger partial charge < -0.3 is 5.32 Å². The van der Waals surface area contributed by atoms with Gasteiger partial charge in [-0.3, -0.25) is 0 Å². The number of alkyl halides is 1. The Morgan fingerprint density at radius 2 is 1.94 bits per heavy atom. The van der Waals surface area contributed by atoms with Gasteiger partial charge in [0.1, 0.15) is 0 Å². The third-order valence-corrected chi connectivity index (χ3v) is 3.20. The van der Waals surface area contributed by atoms with Gasteiger partial charge in [0.2, 0.25) is 0 Å². The largest absolute Gasteiger partial charge is 0.312 e. The van der Waals surface area contributed by atoms with Crippen LogP contribution < -0.4 is 5.32 Å². The summed E-state index contributed by atoms with van der Waals surface area (Å²) in [6.45, 7) is 6.37. The van der Waals surface area contributed by atoms with E-state index in [0.29, 0.717) is 5.92 Å². The summed E-state index contributed by atoms with van der Waals surface area (Å²) in [6, 6.07) is 8.69. The van der Waals surface area contributed by atoms with Gasteiger partial charge in [-0.15, -0.1) is 11.6 Å². The lowest BCUT2D eigenvalue weighted by Gasteiger charge is -2.14. The van der Waals surface area contributed by atoms with E-state index in [9.17, 15) is 0 Å². The van der Waals surface area contributed by atoms with Crippen LogP contribution in [0.2, 0.25) is 0 Å². The third-order valence-electron chi connectivity index (χ3n) is 2.98. The summed E-state index contributed by atoms with van der Waals surface area (Å²) in [4.78, 5) is 0. The van der Waals surface area contributed by atoms with E-state index in [1.807, 2.05) is 0 Å². The molecule has 1 atom stereocenters. The molecule has 16 heavy (non-hydrogen) atoms. The normalized spacial score (nSPS) is 12.7. The molecule has 0 aliphatic rings. The van der Waals surface area contributed by atoms with Crippen molar-refractivity contribution < 1.29 is 0 Å². The van der Waals surface area contributed by atoms with Crippen LogP contribution in [-0.4, -0.2) is 12.4 Å². The van der Waals surface area contributed by atoms with Gasteiger partial charge in [0.15, 0.2) is 0 Å². The Morgan fingerprint density at radius 1 is 1.25 bits per heavy atom. The number of rotatable bonds is 7. The highest BCUT2D eigenvalue weighted by molar-refractivity contribution is 6.17. The zero-order valence-electron chi connectivity index (χ0n) is 10.3. The van der Waals surface area contributed by atoms with E-state index in [1.54, 1.807) is 0 Å². The number of hydrogen-bond acceptors (Lipinski definition) is 1. The predicted molar refractivity (Wildman–Crippen MR) is 72.0 cm³/mol. The molecule has 90 valence electrons. The van der Waals surface area contributed by atoms with E-state index < -0.39 is 0 Å². The Hall–Kier alpha value is -0.530. The lowest BCUT2D eigenvalue weighted by molar-refractivity contribution is 0.451. The van der Waals surface area contributed by atoms with E-state index in [-0.39, 0.29) is 0 Å². The van der Waals surface area contributed by atoms with Gasteiger partial charge in [-0.05, 0) is 31.4 Å². The summed E-state index contributed by atoms with van der Waals surface area (Å²) in [6.07, 6.45) is 2.31. The summed E-state index contributed by atoms with van der Waals surface area (Å²) in [5, 5.41) is 3.50. The van der Waals surface area contributed by atoms with Crippen LogP contribution in [0.1, 0.15) is 30.9 Å². The molecule has 0 radical (unpaired) electrons. The van der Waals surface area contributed by atoms with Crippen molar-refractivity contribution in [3.63, 3.8) is 0 Å². The first-order chi connectivity index (χ1) is 7.76. The highest BCUT2D eigenvalue weighted by atomic mass is 35.5. The SMILES string of the molecule is CCC(CCCl)CNCc1ccc(C)cc1. The first kappa shape index (κ1) is 13.5. The lowest BCUT2D eigenvalue weighted by Crippen LogP contribution is -2.22. The molecule has 0 spiro atoms. The standard InChI is InChI=1S/C14H22ClN/c1-3-13(8-9-15)10-16-11-14-6-4-12(2)5-7-14/h4-7,13,16H,3,8-11H2,1-2H3. The zero-order valence-corrected chi connectivity index (χ0v) is 11.1. The molecule has 0 bridgehead atoms. The molecule has 0 heterocycles. The Balaban J connectivity index is 2.26. The third kappa shape index (κ3) is 5.00. The van der Waals surface area contributed by atoms with Crippen LogP contribution in [0.3, 0.4) is 0 Å². The number of nitrogens with one attached hydrogen (secondary N) is 1. The summed E-state index contributed by atoms with van der Waals surface area (Å²) >= 11 is 5.76. The van der Waals surface area contributed by atoms with E-state index in [4.69, 9.17) is 11.6 Å². The molecule has 1 nitrogen and oxygen atoms in total. The Bertz CT molecular complexity index is 281. The van der Waals surface area contributed by atoms with Crippen LogP contribution in [0.15, 0.2) is 24.3 Å². The number of benzene rings is 1. The second-order valence-corrected chi connectivity index (χ2v) is 4.75. The molecule has 0 aliphatic heterocycles. The van der Waals surface area contributed by atoms with Crippen LogP contribution in [0.25, 0.3) is 0 Å². The van der Waals surface area contributed by atoms with Gasteiger partial charge in [0, 0.05) is 12.4 Å². The quantitative estimate of drug-likeness (QED) is 0.715. The van der Waals surface area contributed by atoms with E-state index in [1.165, 1.54) is 17.5 Å². The maximum Gasteiger partial charge on any atom is 0.0226 e. The van der Waals surface area contributed by atoms with Gasteiger partial charge in [-0.2, -0.15) is 0 Å². The molecule has 0 saturated carbocycles. The maximum atomic E-state index is 5.76. The number of hydrogen-bond donors (Lipinski definition) is 1. The second-order valence-electron chi connectivity index (χ2n) is 4.37. The van der Waals surface area contributed by atoms with Crippen molar-refractivity contribution >= 4 is 11.6 Å². The average Bonchev–Trinajstić information content (AvgIpc) is 2.30. The average molecular weight is 240 g/mol. The molecule has 0 aromatic heterocycles. The molecule has 1 N–H and O–H groups in total. The summed E-state index contributed by atoms with van der Waals surface area (Å²) < 4.78 is 0. The molecule has 0 fully saturated rings. The fourth-order valence-corrected chi connectivity index (χ4v) is 2.04. The fourth-order valence-electron chi connectivity index (χ4n) is 1.73. The lowest BCUT2D eigenvalue weighted by atomic mass is 10.0. The van der Waals surface area contributed by atoms with Crippen LogP contribution in [0, 0.1) is 12.8 Å². The Morgan fingerprint density at radius 3 is 2.50 bits per heavy atom. The number of halogens is 1. The van der Waals surface area contributed by atoms with Gasteiger partial charge in [0.05, 0.1) is 0 Å².